The lowest BCUT2D eigenvalue weighted by molar-refractivity contribution is -0.385. The van der Waals surface area contributed by atoms with Crippen molar-refractivity contribution < 1.29 is 14.2 Å². The van der Waals surface area contributed by atoms with Gasteiger partial charge in [-0.15, -0.1) is 15.3 Å². The van der Waals surface area contributed by atoms with Crippen LogP contribution < -0.4 is 33.7 Å². The van der Waals surface area contributed by atoms with E-state index in [1.807, 2.05) is 97.1 Å². The van der Waals surface area contributed by atoms with Gasteiger partial charge in [0.25, 0.3) is 33.6 Å². The Kier molecular flexibility index (Phi) is 22.7. The van der Waals surface area contributed by atoms with Crippen LogP contribution in [0.4, 0.5) is 38.5 Å². The van der Waals surface area contributed by atoms with Gasteiger partial charge in [-0.25, -0.2) is 4.39 Å². The molecule has 12 aromatic rings. The molecule has 5 aromatic heterocycles. The minimum atomic E-state index is -0.493. The summed E-state index contributed by atoms with van der Waals surface area (Å²) in [5.41, 5.74) is 18.7. The predicted octanol–water partition coefficient (Wildman–Crippen LogP) is 14.0. The fraction of sp³-hybridized carbons (Fsp3) is 0.0615. The minimum Gasteiger partial charge on any atom is -0.374 e. The van der Waals surface area contributed by atoms with Crippen LogP contribution in [0.1, 0.15) is 22.3 Å². The summed E-state index contributed by atoms with van der Waals surface area (Å²) in [5.74, 6) is -0.799. The van der Waals surface area contributed by atoms with Gasteiger partial charge >= 0.3 is 0 Å². The quantitative estimate of drug-likeness (QED) is 0.0109. The van der Waals surface area contributed by atoms with Gasteiger partial charge in [0.15, 0.2) is 16.5 Å². The number of aryl methyl sites for hydroxylation is 2. The van der Waals surface area contributed by atoms with E-state index in [1.165, 1.54) is 60.9 Å². The number of nitro groups is 2. The molecule has 0 aliphatic carbocycles. The predicted molar refractivity (Wildman–Crippen MR) is 369 cm³/mol. The van der Waals surface area contributed by atoms with Crippen LogP contribution in [0.2, 0.25) is 15.1 Å². The average molecular weight is 1370 g/mol. The molecule has 96 heavy (non-hydrogen) atoms. The zero-order chi connectivity index (χ0) is 68.4. The Balaban J connectivity index is 0.000000151. The number of benzene rings is 7. The van der Waals surface area contributed by atoms with E-state index >= 15 is 0 Å². The zero-order valence-corrected chi connectivity index (χ0v) is 52.8. The fourth-order valence-electron chi connectivity index (χ4n) is 9.33. The second-order valence-corrected chi connectivity index (χ2v) is 22.1. The number of hydrogen-bond acceptors (Lipinski definition) is 15. The number of nitrogen functional groups attached to an aromatic ring is 1. The van der Waals surface area contributed by atoms with E-state index in [4.69, 9.17) is 63.9 Å². The van der Waals surface area contributed by atoms with Gasteiger partial charge in [0.1, 0.15) is 11.5 Å². The molecule has 0 bridgehead atoms. The molecule has 0 amide bonds. The van der Waals surface area contributed by atoms with Crippen LogP contribution in [0.15, 0.2) is 240 Å². The highest BCUT2D eigenvalue weighted by molar-refractivity contribution is 7.80. The average Bonchev–Trinajstić information content (AvgIpc) is 1.66. The Morgan fingerprint density at radius 3 is 1.38 bits per heavy atom. The molecule has 0 fully saturated rings. The summed E-state index contributed by atoms with van der Waals surface area (Å²) in [6.45, 7) is 0. The van der Waals surface area contributed by atoms with Crippen molar-refractivity contribution >= 4 is 92.2 Å². The van der Waals surface area contributed by atoms with Crippen molar-refractivity contribution in [1.29, 1.82) is 5.41 Å². The summed E-state index contributed by atoms with van der Waals surface area (Å²) < 4.78 is 15.0. The number of nitrogens with two attached hydrogens (primary N) is 2. The lowest BCUT2D eigenvalue weighted by Gasteiger charge is -2.04. The Morgan fingerprint density at radius 2 is 0.927 bits per heavy atom. The second-order valence-electron chi connectivity index (χ2n) is 20.4. The van der Waals surface area contributed by atoms with Gasteiger partial charge in [0.2, 0.25) is 5.96 Å². The number of rotatable bonds is 16. The van der Waals surface area contributed by atoms with E-state index in [1.54, 1.807) is 42.5 Å². The maximum atomic E-state index is 13.0. The van der Waals surface area contributed by atoms with E-state index in [0.717, 1.165) is 26.1 Å². The Bertz CT molecular complexity index is 4890. The van der Waals surface area contributed by atoms with E-state index < -0.39 is 26.9 Å². The number of thiocarbonyl (C=S) groups is 1. The highest BCUT2D eigenvalue weighted by Crippen LogP contribution is 2.30. The van der Waals surface area contributed by atoms with Gasteiger partial charge in [-0.2, -0.15) is 14.5 Å². The molecule has 0 saturated carbocycles. The number of aromatic nitrogens is 9. The molecule has 12 rings (SSSR count). The van der Waals surface area contributed by atoms with Crippen molar-refractivity contribution in [3.05, 3.63) is 305 Å². The maximum absolute atomic E-state index is 13.0. The summed E-state index contributed by atoms with van der Waals surface area (Å²) in [4.78, 5) is 73.5. The number of H-pyrrole nitrogens is 6. The number of azo groups is 2. The Labute approximate surface area is 561 Å². The SMILES string of the molecule is N=C(N)n1[nH]c(-c2ccc([N+](=O)[O-])cc2)c(CCc2cccc(Cl)c2)c1=O.NC(=S)n1[nH]c(-c2ccc([N+](=O)[O-])cc2)c(CCc2cccc(Cl)c2)c1=O.O=c1[nH][nH]c(-c2ccc(F)cc2)c1N=Nc1cncc(Cl)c1.O=c1[nH][nH]c(-c2ccccc2)c1N=Nc1ccccc1. The van der Waals surface area contributed by atoms with Gasteiger partial charge in [-0.05, 0) is 140 Å². The van der Waals surface area contributed by atoms with Crippen LogP contribution >= 0.6 is 47.0 Å². The molecule has 5 heterocycles. The smallest absolute Gasteiger partial charge is 0.292 e. The fourth-order valence-corrected chi connectivity index (χ4v) is 10.1. The number of hydrogen-bond donors (Lipinski definition) is 9. The Hall–Kier alpha value is -12.1. The molecule has 0 atom stereocenters. The van der Waals surface area contributed by atoms with Gasteiger partial charge in [0.05, 0.1) is 49.5 Å². The third-order valence-electron chi connectivity index (χ3n) is 14.0. The van der Waals surface area contributed by atoms with Crippen molar-refractivity contribution in [2.24, 2.45) is 31.9 Å². The molecule has 7 aromatic carbocycles. The summed E-state index contributed by atoms with van der Waals surface area (Å²) in [5, 5.41) is 63.0. The number of aromatic amines is 6. The summed E-state index contributed by atoms with van der Waals surface area (Å²) in [6, 6.07) is 52.5. The normalized spacial score (nSPS) is 10.9. The Morgan fingerprint density at radius 1 is 0.500 bits per heavy atom. The number of nitro benzene ring substituents is 2. The molecule has 0 spiro atoms. The van der Waals surface area contributed by atoms with Crippen molar-refractivity contribution in [3.63, 3.8) is 0 Å². The van der Waals surface area contributed by atoms with E-state index in [2.05, 4.69) is 56.0 Å². The van der Waals surface area contributed by atoms with Crippen molar-refractivity contribution in [3.8, 4) is 45.0 Å². The molecule has 484 valence electrons. The third-order valence-corrected chi connectivity index (χ3v) is 14.8. The first-order valence-corrected chi connectivity index (χ1v) is 30.0. The van der Waals surface area contributed by atoms with Gasteiger partial charge in [-0.1, -0.05) is 108 Å². The van der Waals surface area contributed by atoms with Crippen LogP contribution in [-0.4, -0.2) is 65.9 Å². The first-order chi connectivity index (χ1) is 46.2. The maximum Gasteiger partial charge on any atom is 0.292 e. The lowest BCUT2D eigenvalue weighted by Crippen LogP contribution is -2.31. The molecule has 26 nitrogen and oxygen atoms in total. The van der Waals surface area contributed by atoms with Crippen molar-refractivity contribution in [2.75, 3.05) is 0 Å². The summed E-state index contributed by atoms with van der Waals surface area (Å²) in [6.07, 6.45) is 4.90. The van der Waals surface area contributed by atoms with Crippen LogP contribution in [0.3, 0.4) is 0 Å². The molecular weight excluding hydrogens is 1320 g/mol. The van der Waals surface area contributed by atoms with E-state index in [0.29, 0.717) is 103 Å². The summed E-state index contributed by atoms with van der Waals surface area (Å²) >= 11 is 22.7. The number of nitrogens with one attached hydrogen (secondary N) is 7. The molecular formula is C65H52Cl3FN18O8S. The standard InChI is InChI=1S/C18H16ClN5O3.C18H15ClN4O3S.C15H12N4O.C14H9ClFN5O/c19-13-3-1-2-11(10-13)4-9-15-16(22-23(17(15)25)18(20)21)12-5-7-14(8-6-12)24(26)27;19-13-3-1-2-11(10-13)4-9-15-16(21-22(17(15)24)18(20)27)12-5-7-14(8-6-12)23(25)26;20-15-14(18-16-12-9-5-2-6-10-12)13(17-19-15)11-7-3-1-4-8-11;15-9-5-11(7-17-6-9)18-20-13-12(19-21-14(13)22)8-1-3-10(16)4-2-8/h1-3,5-8,10,22H,4,9H2,(H3,20,21);1-3,5-8,10,21H,4,9H2,(H2,20,27);1-10H,(H2,17,19,20);1-7H,(H2,19,21,22). The van der Waals surface area contributed by atoms with Crippen molar-refractivity contribution in [1.82, 2.24) is 44.9 Å². The van der Waals surface area contributed by atoms with Gasteiger partial charge in [-0.3, -0.25) is 80.4 Å². The van der Waals surface area contributed by atoms with Crippen LogP contribution in [0.5, 0.6) is 0 Å². The van der Waals surface area contributed by atoms with Crippen LogP contribution in [-0.2, 0) is 25.7 Å². The number of pyridine rings is 1. The highest BCUT2D eigenvalue weighted by atomic mass is 35.5. The molecule has 0 radical (unpaired) electrons. The number of non-ortho nitro benzene ring substituents is 2. The van der Waals surface area contributed by atoms with Crippen LogP contribution in [0.25, 0.3) is 45.0 Å². The third kappa shape index (κ3) is 17.7. The van der Waals surface area contributed by atoms with E-state index in [9.17, 15) is 43.8 Å². The highest BCUT2D eigenvalue weighted by Gasteiger charge is 2.21. The van der Waals surface area contributed by atoms with Crippen LogP contribution in [0, 0.1) is 31.5 Å². The second kappa shape index (κ2) is 32.0. The molecule has 0 saturated heterocycles. The summed E-state index contributed by atoms with van der Waals surface area (Å²) in [7, 11) is 0. The molecule has 0 aliphatic rings. The largest absolute Gasteiger partial charge is 0.374 e. The molecule has 11 N–H and O–H groups in total. The van der Waals surface area contributed by atoms with Gasteiger partial charge < -0.3 is 11.5 Å². The molecule has 31 heteroatoms. The minimum absolute atomic E-state index is 0.0321. The topological polar surface area (TPSA) is 397 Å². The van der Waals surface area contributed by atoms with E-state index in [-0.39, 0.29) is 44.8 Å². The van der Waals surface area contributed by atoms with Gasteiger partial charge in [0, 0.05) is 73.9 Å². The monoisotopic (exact) mass is 1370 g/mol. The lowest BCUT2D eigenvalue weighted by atomic mass is 10.0. The molecule has 0 aliphatic heterocycles. The zero-order valence-electron chi connectivity index (χ0n) is 49.7. The molecule has 0 unspecified atom stereocenters. The first-order valence-electron chi connectivity index (χ1n) is 28.4. The number of halogens is 4. The number of nitrogens with zero attached hydrogens (tertiary/aromatic N) is 9. The van der Waals surface area contributed by atoms with Crippen molar-refractivity contribution in [2.45, 2.75) is 25.7 Å². The first kappa shape index (κ1) is 68.3.